The summed E-state index contributed by atoms with van der Waals surface area (Å²) in [6, 6.07) is 5.84. The van der Waals surface area contributed by atoms with Crippen LogP contribution in [0.3, 0.4) is 0 Å². The SMILES string of the molecule is COC1=CC(C)C(Oc2cc(C)cc(C)c2)C(S(=O)(=O)N2CCN(C(=O)OC(C)(C)C)CC2)=C1. The Labute approximate surface area is 203 Å². The first-order valence-electron chi connectivity index (χ1n) is 11.5. The number of amides is 1. The van der Waals surface area contributed by atoms with Crippen LogP contribution in [0.1, 0.15) is 38.8 Å². The number of carbonyl (C=O) groups is 1. The van der Waals surface area contributed by atoms with E-state index in [-0.39, 0.29) is 37.0 Å². The van der Waals surface area contributed by atoms with Gasteiger partial charge in [-0.1, -0.05) is 13.0 Å². The Bertz CT molecular complexity index is 1060. The number of hydrogen-bond acceptors (Lipinski definition) is 6. The molecule has 34 heavy (non-hydrogen) atoms. The highest BCUT2D eigenvalue weighted by atomic mass is 32.2. The second kappa shape index (κ2) is 10.00. The van der Waals surface area contributed by atoms with Gasteiger partial charge in [0.1, 0.15) is 28.1 Å². The number of aryl methyl sites for hydroxylation is 2. The van der Waals surface area contributed by atoms with Crippen LogP contribution < -0.4 is 4.74 Å². The van der Waals surface area contributed by atoms with Gasteiger partial charge >= 0.3 is 6.09 Å². The second-order valence-electron chi connectivity index (χ2n) is 9.91. The van der Waals surface area contributed by atoms with Crippen molar-refractivity contribution in [1.82, 2.24) is 9.21 Å². The molecule has 0 bridgehead atoms. The number of hydrogen-bond donors (Lipinski definition) is 0. The number of allylic oxidation sites excluding steroid dienone is 1. The third-order valence-corrected chi connectivity index (χ3v) is 7.68. The van der Waals surface area contributed by atoms with Gasteiger partial charge < -0.3 is 19.1 Å². The fourth-order valence-electron chi connectivity index (χ4n) is 4.12. The Morgan fingerprint density at radius 1 is 1.03 bits per heavy atom. The molecular formula is C25H36N2O6S. The number of rotatable bonds is 5. The summed E-state index contributed by atoms with van der Waals surface area (Å²) in [5, 5.41) is 0. The van der Waals surface area contributed by atoms with Crippen molar-refractivity contribution in [3.8, 4) is 5.75 Å². The minimum absolute atomic E-state index is 0.157. The summed E-state index contributed by atoms with van der Waals surface area (Å²) in [6.45, 7) is 12.1. The predicted molar refractivity (Wildman–Crippen MR) is 131 cm³/mol. The summed E-state index contributed by atoms with van der Waals surface area (Å²) in [6.07, 6.45) is 2.28. The third kappa shape index (κ3) is 6.13. The highest BCUT2D eigenvalue weighted by molar-refractivity contribution is 7.93. The van der Waals surface area contributed by atoms with Gasteiger partial charge in [-0.3, -0.25) is 0 Å². The largest absolute Gasteiger partial charge is 0.497 e. The van der Waals surface area contributed by atoms with Crippen molar-refractivity contribution in [3.63, 3.8) is 0 Å². The van der Waals surface area contributed by atoms with Crippen LogP contribution >= 0.6 is 0 Å². The van der Waals surface area contributed by atoms with Gasteiger partial charge in [-0.15, -0.1) is 0 Å². The van der Waals surface area contributed by atoms with E-state index in [2.05, 4.69) is 0 Å². The zero-order valence-corrected chi connectivity index (χ0v) is 21.9. The molecule has 1 saturated heterocycles. The third-order valence-electron chi connectivity index (χ3n) is 5.69. The van der Waals surface area contributed by atoms with Crippen molar-refractivity contribution in [2.75, 3.05) is 33.3 Å². The quantitative estimate of drug-likeness (QED) is 0.618. The molecule has 1 heterocycles. The van der Waals surface area contributed by atoms with Gasteiger partial charge in [-0.05, 0) is 70.0 Å². The van der Waals surface area contributed by atoms with E-state index in [0.29, 0.717) is 11.5 Å². The van der Waals surface area contributed by atoms with E-state index in [1.807, 2.05) is 45.0 Å². The van der Waals surface area contributed by atoms with Crippen molar-refractivity contribution < 1.29 is 27.4 Å². The first-order chi connectivity index (χ1) is 15.8. The maximum absolute atomic E-state index is 13.7. The topological polar surface area (TPSA) is 85.4 Å². The summed E-state index contributed by atoms with van der Waals surface area (Å²) in [7, 11) is -2.35. The van der Waals surface area contributed by atoms with Gasteiger partial charge in [0.25, 0.3) is 0 Å². The molecule has 3 rings (SSSR count). The van der Waals surface area contributed by atoms with E-state index in [1.54, 1.807) is 31.7 Å². The van der Waals surface area contributed by atoms with E-state index in [4.69, 9.17) is 14.2 Å². The highest BCUT2D eigenvalue weighted by Gasteiger charge is 2.40. The molecule has 2 unspecified atom stereocenters. The minimum atomic E-state index is -3.86. The first-order valence-corrected chi connectivity index (χ1v) is 12.9. The van der Waals surface area contributed by atoms with Crippen LogP contribution in [0.4, 0.5) is 4.79 Å². The Morgan fingerprint density at radius 2 is 1.62 bits per heavy atom. The maximum Gasteiger partial charge on any atom is 0.410 e. The van der Waals surface area contributed by atoms with E-state index in [0.717, 1.165) is 11.1 Å². The van der Waals surface area contributed by atoms with Crippen molar-refractivity contribution in [2.45, 2.75) is 53.2 Å². The number of piperazine rings is 1. The molecule has 9 heteroatoms. The molecule has 0 radical (unpaired) electrons. The Balaban J connectivity index is 1.83. The minimum Gasteiger partial charge on any atom is -0.497 e. The summed E-state index contributed by atoms with van der Waals surface area (Å²) in [5.74, 6) is 0.881. The average molecular weight is 493 g/mol. The molecule has 1 amide bonds. The molecule has 8 nitrogen and oxygen atoms in total. The predicted octanol–water partition coefficient (Wildman–Crippen LogP) is 4.00. The number of methoxy groups -OCH3 is 1. The maximum atomic E-state index is 13.7. The number of nitrogens with zero attached hydrogens (tertiary/aromatic N) is 2. The molecule has 1 aliphatic heterocycles. The lowest BCUT2D eigenvalue weighted by Gasteiger charge is -2.37. The van der Waals surface area contributed by atoms with E-state index in [1.165, 1.54) is 11.4 Å². The van der Waals surface area contributed by atoms with Gasteiger partial charge in [0.2, 0.25) is 10.0 Å². The molecule has 0 spiro atoms. The summed E-state index contributed by atoms with van der Waals surface area (Å²) >= 11 is 0. The molecule has 1 aliphatic carbocycles. The van der Waals surface area contributed by atoms with Crippen LogP contribution in [0.5, 0.6) is 5.75 Å². The summed E-state index contributed by atoms with van der Waals surface area (Å²) in [5.41, 5.74) is 1.47. The van der Waals surface area contributed by atoms with Gasteiger partial charge in [-0.2, -0.15) is 4.31 Å². The lowest BCUT2D eigenvalue weighted by atomic mass is 9.98. The molecule has 188 valence electrons. The van der Waals surface area contributed by atoms with E-state index in [9.17, 15) is 13.2 Å². The Hall–Kier alpha value is -2.52. The number of carbonyl (C=O) groups excluding carboxylic acids is 1. The first kappa shape index (κ1) is 26.1. The second-order valence-corrected chi connectivity index (χ2v) is 11.9. The molecule has 1 fully saturated rings. The normalized spacial score (nSPS) is 22.0. The fourth-order valence-corrected chi connectivity index (χ4v) is 5.89. The van der Waals surface area contributed by atoms with Gasteiger partial charge in [-0.25, -0.2) is 13.2 Å². The van der Waals surface area contributed by atoms with Gasteiger partial charge in [0.05, 0.1) is 7.11 Å². The zero-order chi connectivity index (χ0) is 25.3. The number of benzene rings is 1. The van der Waals surface area contributed by atoms with Crippen LogP contribution in [0, 0.1) is 19.8 Å². The molecule has 2 aliphatic rings. The molecule has 1 aromatic carbocycles. The zero-order valence-electron chi connectivity index (χ0n) is 21.1. The van der Waals surface area contributed by atoms with Crippen LogP contribution in [0.2, 0.25) is 0 Å². The molecule has 0 saturated carbocycles. The van der Waals surface area contributed by atoms with E-state index >= 15 is 0 Å². The molecule has 0 N–H and O–H groups in total. The monoisotopic (exact) mass is 492 g/mol. The lowest BCUT2D eigenvalue weighted by molar-refractivity contribution is 0.0192. The summed E-state index contributed by atoms with van der Waals surface area (Å²) in [4.78, 5) is 14.1. The number of ether oxygens (including phenoxy) is 3. The molecule has 2 atom stereocenters. The summed E-state index contributed by atoms with van der Waals surface area (Å²) < 4.78 is 46.0. The molecular weight excluding hydrogens is 456 g/mol. The number of sulfonamides is 1. The fraction of sp³-hybridized carbons (Fsp3) is 0.560. The van der Waals surface area contributed by atoms with Crippen LogP contribution in [-0.4, -0.2) is 68.7 Å². The molecule has 1 aromatic rings. The lowest BCUT2D eigenvalue weighted by Crippen LogP contribution is -2.52. The van der Waals surface area contributed by atoms with Crippen molar-refractivity contribution >= 4 is 16.1 Å². The van der Waals surface area contributed by atoms with Crippen LogP contribution in [-0.2, 0) is 19.5 Å². The van der Waals surface area contributed by atoms with Crippen LogP contribution in [0.15, 0.2) is 41.0 Å². The molecule has 0 aromatic heterocycles. The Morgan fingerprint density at radius 3 is 2.15 bits per heavy atom. The van der Waals surface area contributed by atoms with Gasteiger partial charge in [0.15, 0.2) is 0 Å². The highest BCUT2D eigenvalue weighted by Crippen LogP contribution is 2.33. The van der Waals surface area contributed by atoms with Crippen molar-refractivity contribution in [2.24, 2.45) is 5.92 Å². The van der Waals surface area contributed by atoms with E-state index < -0.39 is 27.8 Å². The smallest absolute Gasteiger partial charge is 0.410 e. The van der Waals surface area contributed by atoms with Crippen molar-refractivity contribution in [3.05, 3.63) is 52.1 Å². The Kier molecular flexibility index (Phi) is 7.67. The van der Waals surface area contributed by atoms with Gasteiger partial charge in [0, 0.05) is 32.1 Å². The van der Waals surface area contributed by atoms with Crippen LogP contribution in [0.25, 0.3) is 0 Å². The average Bonchev–Trinajstić information content (AvgIpc) is 2.73. The standard InChI is InChI=1S/C25H36N2O6S/c1-17-12-18(2)14-21(13-17)32-23-19(3)15-20(31-7)16-22(23)34(29,30)27-10-8-26(9-11-27)24(28)33-25(4,5)6/h12-16,19,23H,8-11H2,1-7H3. The van der Waals surface area contributed by atoms with Crippen molar-refractivity contribution in [1.29, 1.82) is 0 Å².